The van der Waals surface area contributed by atoms with Crippen LogP contribution in [-0.4, -0.2) is 48.0 Å². The Morgan fingerprint density at radius 2 is 1.61 bits per heavy atom. The van der Waals surface area contributed by atoms with Crippen LogP contribution < -0.4 is 4.57 Å². The first kappa shape index (κ1) is 24.2. The van der Waals surface area contributed by atoms with Gasteiger partial charge in [0.2, 0.25) is 11.8 Å². The first-order chi connectivity index (χ1) is 17.7. The zero-order valence-corrected chi connectivity index (χ0v) is 20.4. The molecular weight excluding hydrogens is 452 g/mol. The molecule has 0 aliphatic heterocycles. The van der Waals surface area contributed by atoms with E-state index in [1.165, 1.54) is 21.8 Å². The maximum Gasteiger partial charge on any atom is 0.213 e. The third kappa shape index (κ3) is 5.03. The molecule has 0 aliphatic carbocycles. The highest BCUT2D eigenvalue weighted by atomic mass is 16.5. The second-order valence-electron chi connectivity index (χ2n) is 8.81. The Morgan fingerprint density at radius 3 is 2.44 bits per heavy atom. The van der Waals surface area contributed by atoms with Crippen molar-refractivity contribution in [3.05, 3.63) is 90.1 Å². The number of pyridine rings is 1. The van der Waals surface area contributed by atoms with Crippen LogP contribution in [0.15, 0.2) is 79.0 Å². The van der Waals surface area contributed by atoms with Gasteiger partial charge in [0.15, 0.2) is 12.7 Å². The van der Waals surface area contributed by atoms with Crippen LogP contribution >= 0.6 is 0 Å². The molecule has 0 spiro atoms. The average molecular weight is 484 g/mol. The predicted octanol–water partition coefficient (Wildman–Crippen LogP) is 4.38. The molecule has 2 heterocycles. The van der Waals surface area contributed by atoms with Gasteiger partial charge < -0.3 is 24.3 Å². The topological polar surface area (TPSA) is 67.7 Å². The number of hydrogen-bond donors (Lipinski definition) is 2. The molecule has 3 aromatic carbocycles. The molecule has 6 heteroatoms. The second-order valence-corrected chi connectivity index (χ2v) is 8.81. The van der Waals surface area contributed by atoms with Gasteiger partial charge in [-0.3, -0.25) is 0 Å². The van der Waals surface area contributed by atoms with Gasteiger partial charge in [-0.2, -0.15) is 4.57 Å². The Hall–Kier alpha value is -3.55. The van der Waals surface area contributed by atoms with Crippen LogP contribution in [0.4, 0.5) is 0 Å². The second kappa shape index (κ2) is 11.0. The minimum atomic E-state index is -1.40. The Labute approximate surface area is 210 Å². The SMILES string of the molecule is COCCOCCn1c2ccccc2c2cc(/C=C/c3cc[n+](CC(O)O)c4ccccc34)ccc21. The van der Waals surface area contributed by atoms with E-state index < -0.39 is 6.29 Å². The third-order valence-corrected chi connectivity index (χ3v) is 6.46. The van der Waals surface area contributed by atoms with Crippen molar-refractivity contribution in [1.82, 2.24) is 4.57 Å². The number of hydrogen-bond acceptors (Lipinski definition) is 4. The van der Waals surface area contributed by atoms with E-state index >= 15 is 0 Å². The standard InChI is InChI=1S/C30H31N2O4/c1-35-18-19-36-17-16-32-28-9-5-3-7-25(28)26-20-22(11-13-29(26)32)10-12-23-14-15-31(21-30(33)34)27-8-4-2-6-24(23)27/h2-15,20,30,33-34H,16-19,21H2,1H3/q+1. The van der Waals surface area contributed by atoms with Gasteiger partial charge in [-0.25, -0.2) is 0 Å². The number of aliphatic hydroxyl groups excluding tert-OH is 1. The summed E-state index contributed by atoms with van der Waals surface area (Å²) in [6.07, 6.45) is 4.75. The van der Waals surface area contributed by atoms with E-state index in [0.717, 1.165) is 28.6 Å². The van der Waals surface area contributed by atoms with Crippen molar-refractivity contribution in [1.29, 1.82) is 0 Å². The maximum absolute atomic E-state index is 9.44. The molecule has 5 aromatic rings. The molecule has 36 heavy (non-hydrogen) atoms. The van der Waals surface area contributed by atoms with Crippen molar-refractivity contribution in [2.75, 3.05) is 26.9 Å². The zero-order chi connectivity index (χ0) is 24.9. The molecule has 0 unspecified atom stereocenters. The average Bonchev–Trinajstić information content (AvgIpc) is 3.21. The lowest BCUT2D eigenvalue weighted by molar-refractivity contribution is -0.685. The highest BCUT2D eigenvalue weighted by molar-refractivity contribution is 6.08. The fourth-order valence-corrected chi connectivity index (χ4v) is 4.79. The molecule has 0 radical (unpaired) electrons. The smallest absolute Gasteiger partial charge is 0.213 e. The van der Waals surface area contributed by atoms with E-state index in [9.17, 15) is 10.2 Å². The van der Waals surface area contributed by atoms with E-state index in [2.05, 4.69) is 65.3 Å². The molecular formula is C30H31N2O4+. The van der Waals surface area contributed by atoms with Crippen molar-refractivity contribution in [3.63, 3.8) is 0 Å². The fourth-order valence-electron chi connectivity index (χ4n) is 4.79. The van der Waals surface area contributed by atoms with Gasteiger partial charge in [-0.1, -0.05) is 48.6 Å². The molecule has 0 atom stereocenters. The summed E-state index contributed by atoms with van der Waals surface area (Å²) < 4.78 is 15.0. The molecule has 0 amide bonds. The van der Waals surface area contributed by atoms with Crippen LogP contribution in [0, 0.1) is 0 Å². The summed E-state index contributed by atoms with van der Waals surface area (Å²) in [4.78, 5) is 0. The lowest BCUT2D eigenvalue weighted by Crippen LogP contribution is -2.40. The number of benzene rings is 3. The fraction of sp³-hybridized carbons (Fsp3) is 0.233. The number of aromatic nitrogens is 2. The predicted molar refractivity (Wildman–Crippen MR) is 143 cm³/mol. The van der Waals surface area contributed by atoms with Crippen molar-refractivity contribution >= 4 is 44.9 Å². The van der Waals surface area contributed by atoms with Gasteiger partial charge in [-0.05, 0) is 35.4 Å². The van der Waals surface area contributed by atoms with E-state index in [1.807, 2.05) is 35.0 Å². The first-order valence-corrected chi connectivity index (χ1v) is 12.2. The largest absolute Gasteiger partial charge is 0.382 e. The van der Waals surface area contributed by atoms with Crippen molar-refractivity contribution in [2.45, 2.75) is 19.4 Å². The van der Waals surface area contributed by atoms with Gasteiger partial charge >= 0.3 is 0 Å². The van der Waals surface area contributed by atoms with Gasteiger partial charge in [-0.15, -0.1) is 0 Å². The highest BCUT2D eigenvalue weighted by Crippen LogP contribution is 2.30. The van der Waals surface area contributed by atoms with Crippen LogP contribution in [-0.2, 0) is 22.6 Å². The summed E-state index contributed by atoms with van der Waals surface area (Å²) >= 11 is 0. The Bertz CT molecular complexity index is 1520. The lowest BCUT2D eigenvalue weighted by Gasteiger charge is -2.08. The summed E-state index contributed by atoms with van der Waals surface area (Å²) in [7, 11) is 1.68. The van der Waals surface area contributed by atoms with Crippen LogP contribution in [0.5, 0.6) is 0 Å². The lowest BCUT2D eigenvalue weighted by atomic mass is 10.1. The van der Waals surface area contributed by atoms with Crippen LogP contribution in [0.25, 0.3) is 44.9 Å². The number of fused-ring (bicyclic) bond motifs is 4. The number of para-hydroxylation sites is 2. The molecule has 0 fully saturated rings. The monoisotopic (exact) mass is 483 g/mol. The number of methoxy groups -OCH3 is 1. The first-order valence-electron chi connectivity index (χ1n) is 12.2. The molecule has 0 saturated carbocycles. The van der Waals surface area contributed by atoms with E-state index in [1.54, 1.807) is 7.11 Å². The Morgan fingerprint density at radius 1 is 0.833 bits per heavy atom. The van der Waals surface area contributed by atoms with Crippen LogP contribution in [0.2, 0.25) is 0 Å². The Kier molecular flexibility index (Phi) is 7.39. The molecule has 2 aromatic heterocycles. The Balaban J connectivity index is 1.47. The van der Waals surface area contributed by atoms with Gasteiger partial charge in [0.05, 0.1) is 25.2 Å². The summed E-state index contributed by atoms with van der Waals surface area (Å²) in [5, 5.41) is 22.4. The molecule has 0 saturated heterocycles. The van der Waals surface area contributed by atoms with Gasteiger partial charge in [0.25, 0.3) is 0 Å². The van der Waals surface area contributed by atoms with Crippen LogP contribution in [0.1, 0.15) is 11.1 Å². The molecule has 5 rings (SSSR count). The minimum absolute atomic E-state index is 0.128. The number of ether oxygens (including phenoxy) is 2. The summed E-state index contributed by atoms with van der Waals surface area (Å²) in [6.45, 7) is 2.73. The molecule has 6 nitrogen and oxygen atoms in total. The molecule has 0 bridgehead atoms. The quantitative estimate of drug-likeness (QED) is 0.176. The van der Waals surface area contributed by atoms with E-state index in [0.29, 0.717) is 19.8 Å². The maximum atomic E-state index is 9.44. The van der Waals surface area contributed by atoms with E-state index in [4.69, 9.17) is 9.47 Å². The molecule has 184 valence electrons. The van der Waals surface area contributed by atoms with Crippen molar-refractivity contribution in [2.24, 2.45) is 0 Å². The zero-order valence-electron chi connectivity index (χ0n) is 20.4. The summed E-state index contributed by atoms with van der Waals surface area (Å²) in [5.74, 6) is 0. The highest BCUT2D eigenvalue weighted by Gasteiger charge is 2.14. The third-order valence-electron chi connectivity index (χ3n) is 6.46. The number of nitrogens with zero attached hydrogens (tertiary/aromatic N) is 2. The normalized spacial score (nSPS) is 12.1. The van der Waals surface area contributed by atoms with Crippen molar-refractivity contribution in [3.8, 4) is 0 Å². The van der Waals surface area contributed by atoms with Crippen LogP contribution in [0.3, 0.4) is 0 Å². The minimum Gasteiger partial charge on any atom is -0.382 e. The summed E-state index contributed by atoms with van der Waals surface area (Å²) in [5.41, 5.74) is 5.54. The van der Waals surface area contributed by atoms with E-state index in [-0.39, 0.29) is 6.54 Å². The van der Waals surface area contributed by atoms with Crippen molar-refractivity contribution < 1.29 is 24.3 Å². The van der Waals surface area contributed by atoms with Gasteiger partial charge in [0, 0.05) is 47.6 Å². The number of aliphatic hydroxyl groups is 2. The summed E-state index contributed by atoms with van der Waals surface area (Å²) in [6, 6.07) is 25.1. The molecule has 0 aliphatic rings. The molecule has 2 N–H and O–H groups in total. The van der Waals surface area contributed by atoms with Gasteiger partial charge in [0.1, 0.15) is 0 Å². The number of rotatable bonds is 10.